The molecule has 3 nitrogen and oxygen atoms in total. The Labute approximate surface area is 124 Å². The van der Waals surface area contributed by atoms with Crippen LogP contribution >= 0.6 is 38.5 Å². The van der Waals surface area contributed by atoms with E-state index in [0.717, 1.165) is 13.7 Å². The third kappa shape index (κ3) is 4.22. The van der Waals surface area contributed by atoms with Crippen LogP contribution in [-0.4, -0.2) is 11.9 Å². The number of nitrogens with two attached hydrogens (primary N) is 1. The molecule has 0 aliphatic heterocycles. The molecule has 0 fully saturated rings. The molecular formula is C12H16BrIN2O. The van der Waals surface area contributed by atoms with Crippen molar-refractivity contribution in [1.29, 1.82) is 0 Å². The van der Waals surface area contributed by atoms with E-state index < -0.39 is 6.04 Å². The van der Waals surface area contributed by atoms with Crippen molar-refractivity contribution in [3.8, 4) is 0 Å². The highest BCUT2D eigenvalue weighted by Crippen LogP contribution is 2.24. The average molecular weight is 411 g/mol. The lowest BCUT2D eigenvalue weighted by Gasteiger charge is -2.26. The second-order valence-electron chi connectivity index (χ2n) is 4.96. The zero-order valence-corrected chi connectivity index (χ0v) is 13.8. The van der Waals surface area contributed by atoms with Crippen LogP contribution in [0.1, 0.15) is 20.8 Å². The number of benzene rings is 1. The van der Waals surface area contributed by atoms with Gasteiger partial charge in [0.15, 0.2) is 0 Å². The van der Waals surface area contributed by atoms with Gasteiger partial charge in [-0.3, -0.25) is 4.79 Å². The van der Waals surface area contributed by atoms with Crippen LogP contribution in [0.25, 0.3) is 0 Å². The van der Waals surface area contributed by atoms with E-state index in [1.165, 1.54) is 0 Å². The predicted octanol–water partition coefficient (Wildman–Crippen LogP) is 3.37. The van der Waals surface area contributed by atoms with E-state index in [1.807, 2.05) is 39.0 Å². The number of nitrogens with one attached hydrogen (secondary N) is 1. The lowest BCUT2D eigenvalue weighted by atomic mass is 9.87. The Hall–Kier alpha value is -0.140. The largest absolute Gasteiger partial charge is 0.324 e. The molecule has 0 aromatic heterocycles. The summed E-state index contributed by atoms with van der Waals surface area (Å²) >= 11 is 5.56. The van der Waals surface area contributed by atoms with Gasteiger partial charge in [0.2, 0.25) is 5.91 Å². The summed E-state index contributed by atoms with van der Waals surface area (Å²) in [6.45, 7) is 5.84. The maximum Gasteiger partial charge on any atom is 0.241 e. The van der Waals surface area contributed by atoms with E-state index in [-0.39, 0.29) is 11.3 Å². The van der Waals surface area contributed by atoms with Crippen LogP contribution in [0.15, 0.2) is 22.7 Å². The second kappa shape index (κ2) is 5.67. The third-order valence-electron chi connectivity index (χ3n) is 2.40. The van der Waals surface area contributed by atoms with Gasteiger partial charge in [0.25, 0.3) is 0 Å². The van der Waals surface area contributed by atoms with Crippen LogP contribution in [0.3, 0.4) is 0 Å². The van der Waals surface area contributed by atoms with Crippen molar-refractivity contribution in [1.82, 2.24) is 0 Å². The van der Waals surface area contributed by atoms with Crippen LogP contribution in [0, 0.1) is 8.99 Å². The Kier molecular flexibility index (Phi) is 4.97. The topological polar surface area (TPSA) is 55.1 Å². The third-order valence-corrected chi connectivity index (χ3v) is 3.84. The summed E-state index contributed by atoms with van der Waals surface area (Å²) in [4.78, 5) is 12.0. The first kappa shape index (κ1) is 14.9. The summed E-state index contributed by atoms with van der Waals surface area (Å²) in [5, 5.41) is 2.86. The quantitative estimate of drug-likeness (QED) is 0.734. The minimum atomic E-state index is -0.530. The first-order chi connectivity index (χ1) is 7.71. The van der Waals surface area contributed by atoms with Crippen molar-refractivity contribution >= 4 is 50.1 Å². The second-order valence-corrected chi connectivity index (χ2v) is 7.03. The molecular weight excluding hydrogens is 395 g/mol. The van der Waals surface area contributed by atoms with Crippen LogP contribution in [0.5, 0.6) is 0 Å². The molecule has 0 saturated carbocycles. The Morgan fingerprint density at radius 2 is 2.06 bits per heavy atom. The van der Waals surface area contributed by atoms with E-state index in [9.17, 15) is 4.79 Å². The Bertz CT molecular complexity index is 429. The molecule has 0 saturated heterocycles. The maximum atomic E-state index is 12.0. The molecule has 1 amide bonds. The molecule has 1 atom stereocenters. The van der Waals surface area contributed by atoms with Gasteiger partial charge in [0.1, 0.15) is 0 Å². The van der Waals surface area contributed by atoms with Gasteiger partial charge in [0.05, 0.1) is 11.7 Å². The van der Waals surface area contributed by atoms with Gasteiger partial charge >= 0.3 is 0 Å². The zero-order valence-electron chi connectivity index (χ0n) is 10.1. The van der Waals surface area contributed by atoms with Gasteiger partial charge < -0.3 is 11.1 Å². The highest BCUT2D eigenvalue weighted by atomic mass is 127. The number of rotatable bonds is 2. The minimum Gasteiger partial charge on any atom is -0.324 e. The molecule has 0 aliphatic carbocycles. The van der Waals surface area contributed by atoms with Crippen LogP contribution in [0.4, 0.5) is 5.69 Å². The standard InChI is InChI=1S/C12H16BrIN2O/c1-12(2,3)10(15)11(17)16-9-6-7(13)4-5-8(9)14/h4-6,10H,15H2,1-3H3,(H,16,17). The summed E-state index contributed by atoms with van der Waals surface area (Å²) in [6.07, 6.45) is 0. The maximum absolute atomic E-state index is 12.0. The lowest BCUT2D eigenvalue weighted by molar-refractivity contribution is -0.119. The number of carbonyl (C=O) groups is 1. The molecule has 1 aromatic carbocycles. The number of amides is 1. The number of hydrogen-bond acceptors (Lipinski definition) is 2. The van der Waals surface area contributed by atoms with Crippen molar-refractivity contribution in [2.45, 2.75) is 26.8 Å². The molecule has 0 aliphatic rings. The summed E-state index contributed by atoms with van der Waals surface area (Å²) < 4.78 is 1.91. The van der Waals surface area contributed by atoms with Gasteiger partial charge in [-0.2, -0.15) is 0 Å². The fraction of sp³-hybridized carbons (Fsp3) is 0.417. The molecule has 5 heteroatoms. The highest BCUT2D eigenvalue weighted by Gasteiger charge is 2.27. The number of hydrogen-bond donors (Lipinski definition) is 2. The molecule has 17 heavy (non-hydrogen) atoms. The van der Waals surface area contributed by atoms with E-state index in [4.69, 9.17) is 5.73 Å². The summed E-state index contributed by atoms with van der Waals surface area (Å²) in [7, 11) is 0. The molecule has 0 spiro atoms. The minimum absolute atomic E-state index is 0.159. The smallest absolute Gasteiger partial charge is 0.241 e. The number of anilines is 1. The monoisotopic (exact) mass is 410 g/mol. The first-order valence-corrected chi connectivity index (χ1v) is 7.10. The van der Waals surface area contributed by atoms with Gasteiger partial charge in [-0.15, -0.1) is 0 Å². The van der Waals surface area contributed by atoms with Crippen molar-refractivity contribution in [2.75, 3.05) is 5.32 Å². The molecule has 1 rings (SSSR count). The summed E-state index contributed by atoms with van der Waals surface area (Å²) in [5.41, 5.74) is 6.44. The van der Waals surface area contributed by atoms with Crippen molar-refractivity contribution < 1.29 is 4.79 Å². The van der Waals surface area contributed by atoms with Gasteiger partial charge in [-0.1, -0.05) is 36.7 Å². The summed E-state index contributed by atoms with van der Waals surface area (Å²) in [5.74, 6) is -0.159. The zero-order chi connectivity index (χ0) is 13.2. The van der Waals surface area contributed by atoms with Crippen LogP contribution < -0.4 is 11.1 Å². The molecule has 1 unspecified atom stereocenters. The van der Waals surface area contributed by atoms with E-state index in [1.54, 1.807) is 0 Å². The van der Waals surface area contributed by atoms with Crippen LogP contribution in [0.2, 0.25) is 0 Å². The molecule has 0 bridgehead atoms. The Balaban J connectivity index is 2.85. The summed E-state index contributed by atoms with van der Waals surface area (Å²) in [6, 6.07) is 5.20. The normalized spacial score (nSPS) is 13.3. The Morgan fingerprint density at radius 1 is 1.47 bits per heavy atom. The number of halogens is 2. The van der Waals surface area contributed by atoms with E-state index >= 15 is 0 Å². The van der Waals surface area contributed by atoms with Crippen molar-refractivity contribution in [3.63, 3.8) is 0 Å². The Morgan fingerprint density at radius 3 is 2.59 bits per heavy atom. The fourth-order valence-corrected chi connectivity index (χ4v) is 2.03. The van der Waals surface area contributed by atoms with Crippen LogP contribution in [-0.2, 0) is 4.79 Å². The fourth-order valence-electron chi connectivity index (χ4n) is 1.20. The van der Waals surface area contributed by atoms with Crippen molar-refractivity contribution in [3.05, 3.63) is 26.2 Å². The van der Waals surface area contributed by atoms with Gasteiger partial charge in [-0.25, -0.2) is 0 Å². The average Bonchev–Trinajstić information content (AvgIpc) is 2.21. The van der Waals surface area contributed by atoms with E-state index in [2.05, 4.69) is 43.8 Å². The molecule has 1 aromatic rings. The van der Waals surface area contributed by atoms with Crippen molar-refractivity contribution in [2.24, 2.45) is 11.1 Å². The number of carbonyl (C=O) groups excluding carboxylic acids is 1. The molecule has 3 N–H and O–H groups in total. The first-order valence-electron chi connectivity index (χ1n) is 5.23. The highest BCUT2D eigenvalue weighted by molar-refractivity contribution is 14.1. The van der Waals surface area contributed by atoms with Gasteiger partial charge in [-0.05, 0) is 46.2 Å². The van der Waals surface area contributed by atoms with Gasteiger partial charge in [0, 0.05) is 8.04 Å². The predicted molar refractivity (Wildman–Crippen MR) is 82.9 cm³/mol. The lowest BCUT2D eigenvalue weighted by Crippen LogP contribution is -2.45. The molecule has 94 valence electrons. The van der Waals surface area contributed by atoms with E-state index in [0.29, 0.717) is 0 Å². The SMILES string of the molecule is CC(C)(C)C(N)C(=O)Nc1cc(Br)ccc1I. The molecule has 0 heterocycles. The molecule has 0 radical (unpaired) electrons.